The summed E-state index contributed by atoms with van der Waals surface area (Å²) in [6.07, 6.45) is 25.6. The molecule has 0 bridgehead atoms. The number of thiophene rings is 8. The minimum absolute atomic E-state index is 0.748. The SMILES string of the molecule is CCCCC(CC)Cc1ccc(-c2c3c[c]([Sn]([CH3])([CH3])[CH3])sc3c(-c3ccc(CC(CC)CCCC)s3)c3cc(-c4cc5c(-c6ccc(CC(CC)CCCC)s6)c6s[c]([Sn]([CH3])([CH3])[CH3])cc6c(-c6ccc(CC(CC)CCCC)s6)c5s4)sc23)s1. The molecule has 84 heavy (non-hydrogen) atoms. The van der Waals surface area contributed by atoms with E-state index in [1.807, 2.05) is 0 Å². The van der Waals surface area contributed by atoms with E-state index < -0.39 is 36.8 Å². The second-order valence-electron chi connectivity index (χ2n) is 27.0. The molecular formula is C74H98S8Sn2. The standard InChI is InChI=1S/C68H80S8.6CH3.2Sn/c1-9-17-21-43(13-5)37-47-25-29-55(71-47)61-51-33-35-69-65(51)63(57-31-27-49(73-57)39-45(15-7)23-19-11-3)53-41-59(75-67(53)61)60-42-54-64(58-32-28-50(74-58)40-46(16-8)24-20-12-4)66-52(34-36-70-66)62(68(54)76-60)56-30-26-48(72-56)38-44(14-6)22-18-10-2;;;;;;;;/h25-34,41-46H,9-24,37-40H2,1-8H3;6*1H3;;. The molecule has 4 unspecified atom stereocenters. The number of benzene rings is 2. The van der Waals surface area contributed by atoms with E-state index in [1.165, 1.54) is 220 Å². The third-order valence-electron chi connectivity index (χ3n) is 18.4. The molecule has 8 aromatic heterocycles. The maximum atomic E-state index is 2.72. The van der Waals surface area contributed by atoms with Crippen LogP contribution in [0.2, 0.25) is 29.6 Å². The van der Waals surface area contributed by atoms with Gasteiger partial charge in [0.25, 0.3) is 0 Å². The van der Waals surface area contributed by atoms with Gasteiger partial charge in [0.15, 0.2) is 0 Å². The summed E-state index contributed by atoms with van der Waals surface area (Å²) in [6, 6.07) is 31.0. The number of unbranched alkanes of at least 4 members (excludes halogenated alkanes) is 4. The summed E-state index contributed by atoms with van der Waals surface area (Å²) in [5, 5.41) is 5.97. The third-order valence-corrected chi connectivity index (χ3v) is 46.6. The molecule has 10 heteroatoms. The van der Waals surface area contributed by atoms with Gasteiger partial charge in [0.05, 0.1) is 0 Å². The first-order valence-electron chi connectivity index (χ1n) is 32.9. The van der Waals surface area contributed by atoms with Gasteiger partial charge in [-0.05, 0) is 0 Å². The topological polar surface area (TPSA) is 0 Å². The van der Waals surface area contributed by atoms with E-state index in [0.29, 0.717) is 0 Å². The first-order chi connectivity index (χ1) is 40.5. The fraction of sp³-hybridized carbons (Fsp3) is 0.514. The number of hydrogen-bond donors (Lipinski definition) is 0. The van der Waals surface area contributed by atoms with E-state index in [9.17, 15) is 0 Å². The van der Waals surface area contributed by atoms with Gasteiger partial charge in [0, 0.05) is 0 Å². The Bertz CT molecular complexity index is 3290. The number of fused-ring (bicyclic) bond motifs is 4. The zero-order valence-electron chi connectivity index (χ0n) is 53.6. The number of hydrogen-bond acceptors (Lipinski definition) is 8. The quantitative estimate of drug-likeness (QED) is 0.0380. The van der Waals surface area contributed by atoms with Crippen LogP contribution in [0.1, 0.15) is 178 Å². The molecule has 0 N–H and O–H groups in total. The van der Waals surface area contributed by atoms with Gasteiger partial charge in [-0.2, -0.15) is 0 Å². The summed E-state index contributed by atoms with van der Waals surface area (Å²) in [5.41, 5.74) is 6.03. The third kappa shape index (κ3) is 14.7. The maximum absolute atomic E-state index is 2.72. The first kappa shape index (κ1) is 65.6. The Hall–Kier alpha value is -1.32. The van der Waals surface area contributed by atoms with Gasteiger partial charge in [-0.3, -0.25) is 0 Å². The molecule has 0 saturated heterocycles. The summed E-state index contributed by atoms with van der Waals surface area (Å²) >= 11 is 11.9. The summed E-state index contributed by atoms with van der Waals surface area (Å²) in [5.74, 6) is 2.99. The molecule has 0 saturated carbocycles. The molecule has 0 aliphatic heterocycles. The van der Waals surface area contributed by atoms with Crippen molar-refractivity contribution < 1.29 is 0 Å². The van der Waals surface area contributed by atoms with E-state index >= 15 is 0 Å². The molecular weight excluding hydrogens is 1380 g/mol. The van der Waals surface area contributed by atoms with Crippen LogP contribution in [0.25, 0.3) is 91.9 Å². The van der Waals surface area contributed by atoms with Crippen molar-refractivity contribution in [2.45, 2.75) is 213 Å². The van der Waals surface area contributed by atoms with Crippen LogP contribution < -0.4 is 5.79 Å². The molecule has 10 rings (SSSR count). The van der Waals surface area contributed by atoms with E-state index in [0.717, 1.165) is 23.7 Å². The van der Waals surface area contributed by atoms with Crippen LogP contribution in [0.3, 0.4) is 0 Å². The van der Waals surface area contributed by atoms with Crippen molar-refractivity contribution in [3.8, 4) is 51.5 Å². The Morgan fingerprint density at radius 3 is 0.786 bits per heavy atom. The van der Waals surface area contributed by atoms with Crippen molar-refractivity contribution in [1.29, 1.82) is 0 Å². The summed E-state index contributed by atoms with van der Waals surface area (Å²) in [6.45, 7) is 19.1. The van der Waals surface area contributed by atoms with Crippen LogP contribution in [0.5, 0.6) is 0 Å². The van der Waals surface area contributed by atoms with Crippen molar-refractivity contribution in [1.82, 2.24) is 0 Å². The molecule has 4 atom stereocenters. The van der Waals surface area contributed by atoms with Gasteiger partial charge in [-0.1, -0.05) is 27.7 Å². The van der Waals surface area contributed by atoms with Gasteiger partial charge < -0.3 is 0 Å². The molecule has 0 amide bonds. The predicted octanol–water partition coefficient (Wildman–Crippen LogP) is 27.3. The van der Waals surface area contributed by atoms with E-state index in [4.69, 9.17) is 0 Å². The van der Waals surface area contributed by atoms with Crippen molar-refractivity contribution in [2.24, 2.45) is 23.7 Å². The monoisotopic (exact) mass is 1480 g/mol. The van der Waals surface area contributed by atoms with Crippen LogP contribution in [-0.2, 0) is 25.7 Å². The van der Waals surface area contributed by atoms with Gasteiger partial charge >= 0.3 is 527 Å². The van der Waals surface area contributed by atoms with Crippen molar-refractivity contribution in [3.63, 3.8) is 0 Å². The van der Waals surface area contributed by atoms with Gasteiger partial charge in [-0.15, -0.1) is 0 Å². The van der Waals surface area contributed by atoms with E-state index in [2.05, 4.69) is 249 Å². The van der Waals surface area contributed by atoms with Crippen molar-refractivity contribution >= 4 is 174 Å². The molecule has 0 spiro atoms. The summed E-state index contributed by atoms with van der Waals surface area (Å²) < 4.78 is 9.43. The summed E-state index contributed by atoms with van der Waals surface area (Å²) in [4.78, 5) is 30.8. The Balaban J connectivity index is 1.23. The number of rotatable bonds is 31. The van der Waals surface area contributed by atoms with Crippen LogP contribution in [0, 0.1) is 23.7 Å². The van der Waals surface area contributed by atoms with Crippen LogP contribution >= 0.6 is 90.7 Å². The molecule has 8 heterocycles. The molecule has 0 nitrogen and oxygen atoms in total. The van der Waals surface area contributed by atoms with Gasteiger partial charge in [0.2, 0.25) is 0 Å². The normalized spacial score (nSPS) is 14.1. The van der Waals surface area contributed by atoms with Crippen LogP contribution in [-0.4, -0.2) is 36.8 Å². The Morgan fingerprint density at radius 1 is 0.298 bits per heavy atom. The molecule has 0 aliphatic rings. The Kier molecular flexibility index (Phi) is 22.9. The first-order valence-corrected chi connectivity index (χ1v) is 59.4. The second-order valence-corrected chi connectivity index (χ2v) is 66.7. The summed E-state index contributed by atoms with van der Waals surface area (Å²) in [7, 11) is 0. The fourth-order valence-electron chi connectivity index (χ4n) is 12.9. The molecule has 450 valence electrons. The molecule has 0 radical (unpaired) electrons. The average molecular weight is 1480 g/mol. The molecule has 10 aromatic rings. The molecule has 2 aromatic carbocycles. The minimum atomic E-state index is -2.53. The second kappa shape index (κ2) is 29.3. The zero-order valence-corrected chi connectivity index (χ0v) is 65.9. The molecule has 0 fully saturated rings. The average Bonchev–Trinajstić information content (AvgIpc) is 2.60. The van der Waals surface area contributed by atoms with Crippen LogP contribution in [0.15, 0.2) is 72.8 Å². The van der Waals surface area contributed by atoms with Crippen molar-refractivity contribution in [3.05, 3.63) is 92.3 Å². The van der Waals surface area contributed by atoms with E-state index in [1.54, 1.807) is 25.3 Å². The Labute approximate surface area is 548 Å². The predicted molar refractivity (Wildman–Crippen MR) is 401 cm³/mol. The van der Waals surface area contributed by atoms with Gasteiger partial charge in [-0.25, -0.2) is 0 Å². The van der Waals surface area contributed by atoms with Crippen LogP contribution in [0.4, 0.5) is 0 Å². The van der Waals surface area contributed by atoms with E-state index in [-0.39, 0.29) is 0 Å². The van der Waals surface area contributed by atoms with Crippen molar-refractivity contribution in [2.75, 3.05) is 0 Å². The molecule has 0 aliphatic carbocycles. The van der Waals surface area contributed by atoms with Gasteiger partial charge in [0.1, 0.15) is 0 Å². The Morgan fingerprint density at radius 2 is 0.548 bits per heavy atom. The zero-order chi connectivity index (χ0) is 59.5. The fourth-order valence-corrected chi connectivity index (χ4v) is 33.3.